The summed E-state index contributed by atoms with van der Waals surface area (Å²) >= 11 is 0. The Kier molecular flexibility index (Phi) is 6.01. The molecule has 0 atom stereocenters. The van der Waals surface area contributed by atoms with Crippen LogP contribution in [0.25, 0.3) is 49.7 Å². The van der Waals surface area contributed by atoms with Crippen molar-refractivity contribution in [2.75, 3.05) is 4.90 Å². The molecule has 0 fully saturated rings. The molecule has 8 aromatic rings. The van der Waals surface area contributed by atoms with Crippen LogP contribution in [0.5, 0.6) is 0 Å². The minimum Gasteiger partial charge on any atom is -0.310 e. The van der Waals surface area contributed by atoms with Crippen LogP contribution in [0.1, 0.15) is 49.9 Å². The summed E-state index contributed by atoms with van der Waals surface area (Å²) in [6.07, 6.45) is 0. The van der Waals surface area contributed by atoms with Crippen LogP contribution in [0.2, 0.25) is 0 Å². The van der Waals surface area contributed by atoms with Crippen LogP contribution >= 0.6 is 0 Å². The number of benzene rings is 7. The van der Waals surface area contributed by atoms with Crippen LogP contribution in [0.3, 0.4) is 0 Å². The molecule has 0 radical (unpaired) electrons. The number of para-hydroxylation sites is 2. The molecule has 0 bridgehead atoms. The van der Waals surface area contributed by atoms with Gasteiger partial charge in [-0.15, -0.1) is 0 Å². The molecule has 0 amide bonds. The molecular formula is C48H38N2. The number of hydrogen-bond acceptors (Lipinski definition) is 1. The van der Waals surface area contributed by atoms with Gasteiger partial charge in [-0.1, -0.05) is 125 Å². The first-order valence-corrected chi connectivity index (χ1v) is 17.7. The van der Waals surface area contributed by atoms with Gasteiger partial charge in [-0.25, -0.2) is 0 Å². The summed E-state index contributed by atoms with van der Waals surface area (Å²) in [6, 6.07) is 58.6. The van der Waals surface area contributed by atoms with E-state index in [9.17, 15) is 0 Å². The maximum Gasteiger partial charge on any atom is 0.0542 e. The highest BCUT2D eigenvalue weighted by Gasteiger charge is 2.37. The van der Waals surface area contributed by atoms with Gasteiger partial charge in [-0.3, -0.25) is 0 Å². The van der Waals surface area contributed by atoms with Gasteiger partial charge in [0.15, 0.2) is 0 Å². The molecule has 0 saturated carbocycles. The van der Waals surface area contributed by atoms with Gasteiger partial charge in [-0.2, -0.15) is 0 Å². The molecule has 0 spiro atoms. The van der Waals surface area contributed by atoms with E-state index in [1.165, 1.54) is 77.7 Å². The highest BCUT2D eigenvalue weighted by molar-refractivity contribution is 6.10. The molecule has 0 unspecified atom stereocenters. The van der Waals surface area contributed by atoms with Crippen LogP contribution < -0.4 is 4.90 Å². The summed E-state index contributed by atoms with van der Waals surface area (Å²) in [5.41, 5.74) is 17.8. The van der Waals surface area contributed by atoms with Crippen molar-refractivity contribution in [3.8, 4) is 27.9 Å². The van der Waals surface area contributed by atoms with E-state index in [-0.39, 0.29) is 10.8 Å². The van der Waals surface area contributed by atoms with Gasteiger partial charge < -0.3 is 9.47 Å². The van der Waals surface area contributed by atoms with Gasteiger partial charge in [0.25, 0.3) is 0 Å². The second-order valence-electron chi connectivity index (χ2n) is 15.0. The molecule has 2 aliphatic rings. The largest absolute Gasteiger partial charge is 0.310 e. The van der Waals surface area contributed by atoms with E-state index in [0.717, 1.165) is 11.4 Å². The van der Waals surface area contributed by atoms with Crippen LogP contribution in [0.4, 0.5) is 17.1 Å². The monoisotopic (exact) mass is 642 g/mol. The Bertz CT molecular complexity index is 2650. The van der Waals surface area contributed by atoms with E-state index in [0.29, 0.717) is 0 Å². The van der Waals surface area contributed by atoms with Gasteiger partial charge in [0.05, 0.1) is 11.0 Å². The van der Waals surface area contributed by atoms with E-state index in [2.05, 4.69) is 195 Å². The van der Waals surface area contributed by atoms with Crippen molar-refractivity contribution in [3.63, 3.8) is 0 Å². The van der Waals surface area contributed by atoms with Gasteiger partial charge in [-0.05, 0) is 105 Å². The zero-order valence-electron chi connectivity index (χ0n) is 28.9. The molecule has 2 heteroatoms. The van der Waals surface area contributed by atoms with Crippen molar-refractivity contribution in [1.29, 1.82) is 0 Å². The summed E-state index contributed by atoms with van der Waals surface area (Å²) in [6.45, 7) is 9.44. The van der Waals surface area contributed by atoms with Gasteiger partial charge >= 0.3 is 0 Å². The van der Waals surface area contributed by atoms with E-state index < -0.39 is 0 Å². The fourth-order valence-electron chi connectivity index (χ4n) is 9.08. The summed E-state index contributed by atoms with van der Waals surface area (Å²) in [7, 11) is 0. The minimum atomic E-state index is -0.0957. The lowest BCUT2D eigenvalue weighted by Crippen LogP contribution is -2.17. The van der Waals surface area contributed by atoms with E-state index in [1.54, 1.807) is 0 Å². The van der Waals surface area contributed by atoms with E-state index in [1.807, 2.05) is 0 Å². The number of nitrogens with zero attached hydrogens (tertiary/aromatic N) is 2. The maximum atomic E-state index is 2.47. The van der Waals surface area contributed by atoms with Gasteiger partial charge in [0, 0.05) is 44.4 Å². The average Bonchev–Trinajstić information content (AvgIpc) is 3.69. The Morgan fingerprint density at radius 1 is 0.380 bits per heavy atom. The van der Waals surface area contributed by atoms with Crippen molar-refractivity contribution in [1.82, 2.24) is 4.57 Å². The molecule has 0 saturated heterocycles. The third-order valence-electron chi connectivity index (χ3n) is 11.6. The number of fused-ring (bicyclic) bond motifs is 9. The highest BCUT2D eigenvalue weighted by Crippen LogP contribution is 2.53. The normalized spacial score (nSPS) is 14.7. The molecule has 1 aromatic heterocycles. The molecular weight excluding hydrogens is 605 g/mol. The first kappa shape index (κ1) is 29.1. The van der Waals surface area contributed by atoms with Crippen LogP contribution in [0, 0.1) is 0 Å². The SMILES string of the molecule is CC1(C)c2ccccc2-c2cc(N(c3ccc4c(c3)C(C)(C)c3ccccc3-4)c3ccc4c(c3)c3ccccc3n4-c3ccccc3)ccc21. The molecule has 2 nitrogen and oxygen atoms in total. The van der Waals surface area contributed by atoms with Crippen LogP contribution in [-0.4, -0.2) is 4.57 Å². The quantitative estimate of drug-likeness (QED) is 0.185. The van der Waals surface area contributed by atoms with Gasteiger partial charge in [0.2, 0.25) is 0 Å². The fraction of sp³-hybridized carbons (Fsp3) is 0.125. The molecule has 10 rings (SSSR count). The molecule has 2 aliphatic carbocycles. The third-order valence-corrected chi connectivity index (χ3v) is 11.6. The number of aromatic nitrogens is 1. The average molecular weight is 643 g/mol. The number of anilines is 3. The summed E-state index contributed by atoms with van der Waals surface area (Å²) in [5, 5.41) is 2.50. The first-order chi connectivity index (χ1) is 24.3. The van der Waals surface area contributed by atoms with Crippen molar-refractivity contribution in [2.24, 2.45) is 0 Å². The Labute approximate surface area is 293 Å². The topological polar surface area (TPSA) is 8.17 Å². The minimum absolute atomic E-state index is 0.0448. The molecule has 0 N–H and O–H groups in total. The Balaban J connectivity index is 1.22. The maximum absolute atomic E-state index is 2.47. The second-order valence-corrected chi connectivity index (χ2v) is 15.0. The molecule has 0 aliphatic heterocycles. The lowest BCUT2D eigenvalue weighted by molar-refractivity contribution is 0.660. The lowest BCUT2D eigenvalue weighted by Gasteiger charge is -2.29. The lowest BCUT2D eigenvalue weighted by atomic mass is 9.82. The Morgan fingerprint density at radius 3 is 1.68 bits per heavy atom. The van der Waals surface area contributed by atoms with Gasteiger partial charge in [0.1, 0.15) is 0 Å². The standard InChI is InChI=1S/C48H38N2/c1-47(2)42-20-12-9-17-36(42)39-28-32(23-26-43(39)47)49(34-22-25-37-35-16-8-11-19-41(35)48(3,4)44(37)30-34)33-24-27-46-40(29-33)38-18-10-13-21-45(38)50(46)31-14-6-5-7-15-31/h5-30H,1-4H3. The Hall–Kier alpha value is -5.86. The third kappa shape index (κ3) is 3.96. The molecule has 7 aromatic carbocycles. The number of hydrogen-bond donors (Lipinski definition) is 0. The molecule has 1 heterocycles. The predicted octanol–water partition coefficient (Wildman–Crippen LogP) is 12.9. The zero-order valence-corrected chi connectivity index (χ0v) is 28.9. The van der Waals surface area contributed by atoms with Crippen LogP contribution in [-0.2, 0) is 10.8 Å². The highest BCUT2D eigenvalue weighted by atomic mass is 15.1. The summed E-state index contributed by atoms with van der Waals surface area (Å²) < 4.78 is 2.39. The van der Waals surface area contributed by atoms with Crippen molar-refractivity contribution < 1.29 is 0 Å². The molecule has 50 heavy (non-hydrogen) atoms. The zero-order chi connectivity index (χ0) is 33.8. The summed E-state index contributed by atoms with van der Waals surface area (Å²) in [5.74, 6) is 0. The van der Waals surface area contributed by atoms with Crippen molar-refractivity contribution >= 4 is 38.9 Å². The van der Waals surface area contributed by atoms with Crippen molar-refractivity contribution in [3.05, 3.63) is 180 Å². The van der Waals surface area contributed by atoms with E-state index >= 15 is 0 Å². The fourth-order valence-corrected chi connectivity index (χ4v) is 9.08. The second kappa shape index (κ2) is 10.3. The number of rotatable bonds is 4. The van der Waals surface area contributed by atoms with Crippen molar-refractivity contribution in [2.45, 2.75) is 38.5 Å². The molecule has 240 valence electrons. The van der Waals surface area contributed by atoms with Crippen LogP contribution in [0.15, 0.2) is 158 Å². The van der Waals surface area contributed by atoms with E-state index in [4.69, 9.17) is 0 Å². The predicted molar refractivity (Wildman–Crippen MR) is 211 cm³/mol. The summed E-state index contributed by atoms with van der Waals surface area (Å²) in [4.78, 5) is 2.47. The first-order valence-electron chi connectivity index (χ1n) is 17.7. The smallest absolute Gasteiger partial charge is 0.0542 e. The Morgan fingerprint density at radius 2 is 0.900 bits per heavy atom.